The zero-order valence-electron chi connectivity index (χ0n) is 11.1. The second-order valence-electron chi connectivity index (χ2n) is 4.38. The van der Waals surface area contributed by atoms with Crippen LogP contribution >= 0.6 is 15.9 Å². The van der Waals surface area contributed by atoms with Gasteiger partial charge in [-0.15, -0.1) is 0 Å². The summed E-state index contributed by atoms with van der Waals surface area (Å²) in [5.74, 6) is -0.401. The second-order valence-corrected chi connectivity index (χ2v) is 5.29. The highest BCUT2D eigenvalue weighted by atomic mass is 79.9. The number of hydrogen-bond acceptors (Lipinski definition) is 4. The fourth-order valence-corrected chi connectivity index (χ4v) is 2.42. The number of halogens is 1. The summed E-state index contributed by atoms with van der Waals surface area (Å²) in [7, 11) is 0. The van der Waals surface area contributed by atoms with Gasteiger partial charge in [0.25, 0.3) is 5.91 Å². The predicted octanol–water partition coefficient (Wildman–Crippen LogP) is 0.821. The molecule has 0 bridgehead atoms. The molecule has 6 nitrogen and oxygen atoms in total. The largest absolute Gasteiger partial charge is 0.377 e. The molecule has 1 N–H and O–H groups in total. The minimum Gasteiger partial charge on any atom is -0.377 e. The van der Waals surface area contributed by atoms with Gasteiger partial charge in [0.05, 0.1) is 18.8 Å². The maximum absolute atomic E-state index is 12.5. The van der Waals surface area contributed by atoms with E-state index in [1.807, 2.05) is 6.92 Å². The molecule has 1 aromatic heterocycles. The molecule has 108 valence electrons. The standard InChI is InChI=1S/C13H16BrN3O3/c1-2-16-12(18)11-8-20-4-3-17(11)13(19)9-5-10(14)7-15-6-9/h5-7,11H,2-4,8H2,1H3,(H,16,18). The summed E-state index contributed by atoms with van der Waals surface area (Å²) in [5.41, 5.74) is 0.454. The summed E-state index contributed by atoms with van der Waals surface area (Å²) in [4.78, 5) is 30.0. The van der Waals surface area contributed by atoms with Gasteiger partial charge >= 0.3 is 0 Å². The van der Waals surface area contributed by atoms with Crippen molar-refractivity contribution in [3.8, 4) is 0 Å². The Morgan fingerprint density at radius 1 is 1.55 bits per heavy atom. The topological polar surface area (TPSA) is 71.5 Å². The third-order valence-electron chi connectivity index (χ3n) is 2.99. The van der Waals surface area contributed by atoms with Gasteiger partial charge in [-0.25, -0.2) is 0 Å². The monoisotopic (exact) mass is 341 g/mol. The van der Waals surface area contributed by atoms with E-state index in [-0.39, 0.29) is 18.4 Å². The number of carbonyl (C=O) groups is 2. The first kappa shape index (κ1) is 14.9. The molecule has 0 radical (unpaired) electrons. The number of pyridine rings is 1. The Labute approximate surface area is 125 Å². The molecule has 2 heterocycles. The van der Waals surface area contributed by atoms with E-state index >= 15 is 0 Å². The quantitative estimate of drug-likeness (QED) is 0.883. The van der Waals surface area contributed by atoms with Crippen LogP contribution in [0.3, 0.4) is 0 Å². The van der Waals surface area contributed by atoms with Gasteiger partial charge in [0, 0.05) is 30.0 Å². The SMILES string of the molecule is CCNC(=O)C1COCCN1C(=O)c1cncc(Br)c1. The van der Waals surface area contributed by atoms with Crippen molar-refractivity contribution < 1.29 is 14.3 Å². The second kappa shape index (κ2) is 6.81. The van der Waals surface area contributed by atoms with E-state index in [1.54, 1.807) is 12.3 Å². The zero-order chi connectivity index (χ0) is 14.5. The summed E-state index contributed by atoms with van der Waals surface area (Å²) >= 11 is 3.29. The molecule has 0 saturated carbocycles. The summed E-state index contributed by atoms with van der Waals surface area (Å²) < 4.78 is 6.04. The van der Waals surface area contributed by atoms with Gasteiger partial charge < -0.3 is 15.0 Å². The Balaban J connectivity index is 2.19. The first-order valence-electron chi connectivity index (χ1n) is 6.40. The van der Waals surface area contributed by atoms with Crippen LogP contribution in [0.1, 0.15) is 17.3 Å². The molecule has 1 fully saturated rings. The number of morpholine rings is 1. The fourth-order valence-electron chi connectivity index (χ4n) is 2.05. The third kappa shape index (κ3) is 3.34. The molecule has 0 aliphatic carbocycles. The van der Waals surface area contributed by atoms with E-state index < -0.39 is 6.04 Å². The van der Waals surface area contributed by atoms with Crippen molar-refractivity contribution in [2.75, 3.05) is 26.3 Å². The number of nitrogens with zero attached hydrogens (tertiary/aromatic N) is 2. The molecule has 2 amide bonds. The van der Waals surface area contributed by atoms with Crippen LogP contribution in [0.25, 0.3) is 0 Å². The molecule has 7 heteroatoms. The molecule has 1 aromatic rings. The van der Waals surface area contributed by atoms with Crippen molar-refractivity contribution >= 4 is 27.7 Å². The number of amides is 2. The maximum atomic E-state index is 12.5. The first-order valence-corrected chi connectivity index (χ1v) is 7.19. The molecule has 0 aromatic carbocycles. The molecular formula is C13H16BrN3O3. The average molecular weight is 342 g/mol. The number of likely N-dealkylation sites (N-methyl/N-ethyl adjacent to an activating group) is 1. The number of ether oxygens (including phenoxy) is 1. The third-order valence-corrected chi connectivity index (χ3v) is 3.43. The molecule has 1 atom stereocenters. The van der Waals surface area contributed by atoms with Crippen LogP contribution in [0.15, 0.2) is 22.9 Å². The van der Waals surface area contributed by atoms with Gasteiger partial charge in [-0.05, 0) is 28.9 Å². The highest BCUT2D eigenvalue weighted by Gasteiger charge is 2.33. The Morgan fingerprint density at radius 2 is 2.35 bits per heavy atom. The lowest BCUT2D eigenvalue weighted by Crippen LogP contribution is -2.55. The number of rotatable bonds is 3. The van der Waals surface area contributed by atoms with E-state index in [0.717, 1.165) is 4.47 Å². The van der Waals surface area contributed by atoms with Crippen LogP contribution in [-0.4, -0.2) is 54.0 Å². The van der Waals surface area contributed by atoms with Crippen molar-refractivity contribution in [2.45, 2.75) is 13.0 Å². The number of nitrogens with one attached hydrogen (secondary N) is 1. The van der Waals surface area contributed by atoms with E-state index in [1.165, 1.54) is 11.1 Å². The van der Waals surface area contributed by atoms with Crippen molar-refractivity contribution in [3.63, 3.8) is 0 Å². The molecule has 1 aliphatic heterocycles. The van der Waals surface area contributed by atoms with Crippen molar-refractivity contribution in [1.82, 2.24) is 15.2 Å². The highest BCUT2D eigenvalue weighted by Crippen LogP contribution is 2.15. The van der Waals surface area contributed by atoms with Crippen molar-refractivity contribution in [3.05, 3.63) is 28.5 Å². The average Bonchev–Trinajstić information content (AvgIpc) is 2.47. The highest BCUT2D eigenvalue weighted by molar-refractivity contribution is 9.10. The number of carbonyl (C=O) groups excluding carboxylic acids is 2. The molecular weight excluding hydrogens is 326 g/mol. The van der Waals surface area contributed by atoms with Gasteiger partial charge in [-0.2, -0.15) is 0 Å². The lowest BCUT2D eigenvalue weighted by Gasteiger charge is -2.34. The summed E-state index contributed by atoms with van der Waals surface area (Å²) in [6.07, 6.45) is 3.11. The molecule has 20 heavy (non-hydrogen) atoms. The molecule has 2 rings (SSSR count). The first-order chi connectivity index (χ1) is 9.63. The lowest BCUT2D eigenvalue weighted by molar-refractivity contribution is -0.130. The Kier molecular flexibility index (Phi) is 5.08. The lowest BCUT2D eigenvalue weighted by atomic mass is 10.1. The Morgan fingerprint density at radius 3 is 3.05 bits per heavy atom. The van der Waals surface area contributed by atoms with Crippen molar-refractivity contribution in [2.24, 2.45) is 0 Å². The number of hydrogen-bond donors (Lipinski definition) is 1. The van der Waals surface area contributed by atoms with Crippen molar-refractivity contribution in [1.29, 1.82) is 0 Å². The van der Waals surface area contributed by atoms with Crippen LogP contribution in [0.4, 0.5) is 0 Å². The Hall–Kier alpha value is -1.47. The summed E-state index contributed by atoms with van der Waals surface area (Å²) in [6.45, 7) is 3.41. The van der Waals surface area contributed by atoms with Crippen LogP contribution in [-0.2, 0) is 9.53 Å². The van der Waals surface area contributed by atoms with Gasteiger partial charge in [0.15, 0.2) is 0 Å². The normalized spacial score (nSPS) is 18.7. The minimum atomic E-state index is -0.588. The van der Waals surface area contributed by atoms with Crippen LogP contribution < -0.4 is 5.32 Å². The summed E-state index contributed by atoms with van der Waals surface area (Å²) in [6, 6.07) is 1.11. The van der Waals surface area contributed by atoms with E-state index in [9.17, 15) is 9.59 Å². The van der Waals surface area contributed by atoms with Gasteiger partial charge in [-0.3, -0.25) is 14.6 Å². The van der Waals surface area contributed by atoms with Gasteiger partial charge in [0.2, 0.25) is 5.91 Å². The van der Waals surface area contributed by atoms with E-state index in [0.29, 0.717) is 25.3 Å². The minimum absolute atomic E-state index is 0.191. The van der Waals surface area contributed by atoms with E-state index in [4.69, 9.17) is 4.74 Å². The molecule has 0 spiro atoms. The molecule has 1 aliphatic rings. The van der Waals surface area contributed by atoms with Gasteiger partial charge in [0.1, 0.15) is 6.04 Å². The smallest absolute Gasteiger partial charge is 0.256 e. The number of aromatic nitrogens is 1. The van der Waals surface area contributed by atoms with Crippen LogP contribution in [0.2, 0.25) is 0 Å². The van der Waals surface area contributed by atoms with Crippen LogP contribution in [0, 0.1) is 0 Å². The zero-order valence-corrected chi connectivity index (χ0v) is 12.7. The molecule has 1 unspecified atom stereocenters. The van der Waals surface area contributed by atoms with Gasteiger partial charge in [-0.1, -0.05) is 0 Å². The molecule has 1 saturated heterocycles. The maximum Gasteiger partial charge on any atom is 0.256 e. The fraction of sp³-hybridized carbons (Fsp3) is 0.462. The Bertz CT molecular complexity index is 509. The van der Waals surface area contributed by atoms with E-state index in [2.05, 4.69) is 26.2 Å². The summed E-state index contributed by atoms with van der Waals surface area (Å²) in [5, 5.41) is 2.73. The van der Waals surface area contributed by atoms with Crippen LogP contribution in [0.5, 0.6) is 0 Å². The predicted molar refractivity (Wildman–Crippen MR) is 76.3 cm³/mol.